The molecular formula is C15H20N2O3S. The summed E-state index contributed by atoms with van der Waals surface area (Å²) in [5, 5.41) is 0. The fourth-order valence-corrected chi connectivity index (χ4v) is 2.78. The van der Waals surface area contributed by atoms with Crippen LogP contribution in [0.15, 0.2) is 18.2 Å². The number of esters is 1. The molecule has 0 saturated heterocycles. The van der Waals surface area contributed by atoms with Crippen molar-refractivity contribution in [1.82, 2.24) is 9.55 Å². The van der Waals surface area contributed by atoms with Gasteiger partial charge < -0.3 is 19.0 Å². The van der Waals surface area contributed by atoms with Crippen molar-refractivity contribution in [1.29, 1.82) is 0 Å². The van der Waals surface area contributed by atoms with E-state index in [-0.39, 0.29) is 11.9 Å². The van der Waals surface area contributed by atoms with Crippen molar-refractivity contribution >= 4 is 29.2 Å². The first-order valence-electron chi connectivity index (χ1n) is 6.95. The zero-order chi connectivity index (χ0) is 15.6. The molecule has 1 aromatic carbocycles. The number of imidazole rings is 1. The Hall–Kier alpha value is -1.82. The number of benzene rings is 1. The smallest absolute Gasteiger partial charge is 0.329 e. The molecule has 1 atom stereocenters. The molecule has 6 heteroatoms. The Balaban J connectivity index is 2.68. The number of carbonyl (C=O) groups excluding carboxylic acids is 1. The van der Waals surface area contributed by atoms with Crippen LogP contribution in [-0.4, -0.2) is 29.2 Å². The van der Waals surface area contributed by atoms with Gasteiger partial charge in [0.1, 0.15) is 17.3 Å². The zero-order valence-electron chi connectivity index (χ0n) is 12.7. The van der Waals surface area contributed by atoms with Gasteiger partial charge in [-0.15, -0.1) is 0 Å². The third-order valence-corrected chi connectivity index (χ3v) is 3.67. The summed E-state index contributed by atoms with van der Waals surface area (Å²) >= 11 is 5.40. The molecule has 2 rings (SSSR count). The van der Waals surface area contributed by atoms with Gasteiger partial charge in [-0.2, -0.15) is 0 Å². The summed E-state index contributed by atoms with van der Waals surface area (Å²) in [5.41, 5.74) is 1.65. The predicted molar refractivity (Wildman–Crippen MR) is 84.2 cm³/mol. The first kappa shape index (κ1) is 15.6. The van der Waals surface area contributed by atoms with Crippen molar-refractivity contribution in [3.8, 4) is 5.75 Å². The second-order valence-electron chi connectivity index (χ2n) is 5.10. The maximum absolute atomic E-state index is 12.1. The van der Waals surface area contributed by atoms with E-state index in [4.69, 9.17) is 21.7 Å². The van der Waals surface area contributed by atoms with Crippen LogP contribution in [0.25, 0.3) is 11.0 Å². The standard InChI is InChI=1S/C15H20N2O3S/c1-5-20-11-8-6-7-10-12(11)16-15(21)17(10)13(9(2)3)14(18)19-4/h6-9,13H,5H2,1-4H3,(H,16,21). The van der Waals surface area contributed by atoms with Crippen LogP contribution in [0.1, 0.15) is 26.8 Å². The maximum Gasteiger partial charge on any atom is 0.329 e. The third kappa shape index (κ3) is 2.81. The molecule has 114 valence electrons. The van der Waals surface area contributed by atoms with Crippen molar-refractivity contribution in [2.75, 3.05) is 13.7 Å². The third-order valence-electron chi connectivity index (χ3n) is 3.37. The molecule has 21 heavy (non-hydrogen) atoms. The Morgan fingerprint density at radius 1 is 1.43 bits per heavy atom. The lowest BCUT2D eigenvalue weighted by atomic mass is 10.0. The molecule has 1 N–H and O–H groups in total. The Morgan fingerprint density at radius 2 is 2.14 bits per heavy atom. The van der Waals surface area contributed by atoms with Crippen LogP contribution in [0.3, 0.4) is 0 Å². The van der Waals surface area contributed by atoms with Gasteiger partial charge in [0.2, 0.25) is 0 Å². The number of rotatable bonds is 5. The number of hydrogen-bond donors (Lipinski definition) is 1. The number of nitrogens with zero attached hydrogens (tertiary/aromatic N) is 1. The number of carbonyl (C=O) groups is 1. The first-order chi connectivity index (χ1) is 10.0. The fraction of sp³-hybridized carbons (Fsp3) is 0.467. The second-order valence-corrected chi connectivity index (χ2v) is 5.48. The van der Waals surface area contributed by atoms with Crippen molar-refractivity contribution in [3.63, 3.8) is 0 Å². The summed E-state index contributed by atoms with van der Waals surface area (Å²) in [5.74, 6) is 0.481. The quantitative estimate of drug-likeness (QED) is 0.679. The molecule has 0 spiro atoms. The largest absolute Gasteiger partial charge is 0.492 e. The topological polar surface area (TPSA) is 56.2 Å². The number of aromatic nitrogens is 2. The van der Waals surface area contributed by atoms with Crippen molar-refractivity contribution < 1.29 is 14.3 Å². The lowest BCUT2D eigenvalue weighted by molar-refractivity contribution is -0.145. The number of hydrogen-bond acceptors (Lipinski definition) is 4. The van der Waals surface area contributed by atoms with E-state index < -0.39 is 6.04 Å². The molecule has 0 aliphatic rings. The minimum absolute atomic E-state index is 0.0545. The van der Waals surface area contributed by atoms with Gasteiger partial charge in [-0.1, -0.05) is 19.9 Å². The van der Waals surface area contributed by atoms with Gasteiger partial charge in [0.05, 0.1) is 19.2 Å². The van der Waals surface area contributed by atoms with Crippen LogP contribution in [-0.2, 0) is 9.53 Å². The number of nitrogens with one attached hydrogen (secondary N) is 1. The number of methoxy groups -OCH3 is 1. The van der Waals surface area contributed by atoms with Crippen LogP contribution in [0.5, 0.6) is 5.75 Å². The predicted octanol–water partition coefficient (Wildman–Crippen LogP) is 3.47. The summed E-state index contributed by atoms with van der Waals surface area (Å²) in [7, 11) is 1.39. The van der Waals surface area contributed by atoms with E-state index in [2.05, 4.69) is 4.98 Å². The summed E-state index contributed by atoms with van der Waals surface area (Å²) in [6.07, 6.45) is 0. The molecule has 0 aliphatic carbocycles. The molecule has 0 fully saturated rings. The molecule has 0 aliphatic heterocycles. The molecule has 1 heterocycles. The lowest BCUT2D eigenvalue weighted by Crippen LogP contribution is -2.25. The minimum Gasteiger partial charge on any atom is -0.492 e. The number of fused-ring (bicyclic) bond motifs is 1. The van der Waals surface area contributed by atoms with E-state index in [1.54, 1.807) is 0 Å². The van der Waals surface area contributed by atoms with Crippen LogP contribution in [0.4, 0.5) is 0 Å². The van der Waals surface area contributed by atoms with Gasteiger partial charge in [0.15, 0.2) is 4.77 Å². The van der Waals surface area contributed by atoms with Gasteiger partial charge in [-0.3, -0.25) is 0 Å². The van der Waals surface area contributed by atoms with Gasteiger partial charge in [0.25, 0.3) is 0 Å². The molecule has 0 radical (unpaired) electrons. The Labute approximate surface area is 128 Å². The Morgan fingerprint density at radius 3 is 2.71 bits per heavy atom. The van der Waals surface area contributed by atoms with Crippen molar-refractivity contribution in [2.24, 2.45) is 5.92 Å². The van der Waals surface area contributed by atoms with Gasteiger partial charge in [-0.25, -0.2) is 4.79 Å². The van der Waals surface area contributed by atoms with Crippen molar-refractivity contribution in [2.45, 2.75) is 26.8 Å². The highest BCUT2D eigenvalue weighted by atomic mass is 32.1. The lowest BCUT2D eigenvalue weighted by Gasteiger charge is -2.20. The highest BCUT2D eigenvalue weighted by Gasteiger charge is 2.27. The minimum atomic E-state index is -0.465. The van der Waals surface area contributed by atoms with Crippen LogP contribution in [0.2, 0.25) is 0 Å². The average molecular weight is 308 g/mol. The highest BCUT2D eigenvalue weighted by molar-refractivity contribution is 7.71. The number of ether oxygens (including phenoxy) is 2. The molecule has 0 saturated carbocycles. The number of para-hydroxylation sites is 1. The zero-order valence-corrected chi connectivity index (χ0v) is 13.5. The van der Waals surface area contributed by atoms with Crippen LogP contribution >= 0.6 is 12.2 Å². The van der Waals surface area contributed by atoms with E-state index in [1.165, 1.54) is 7.11 Å². The molecule has 2 aromatic rings. The summed E-state index contributed by atoms with van der Waals surface area (Å²) < 4.78 is 12.8. The second kappa shape index (κ2) is 6.30. The molecule has 5 nitrogen and oxygen atoms in total. The Kier molecular flexibility index (Phi) is 4.67. The fourth-order valence-electron chi connectivity index (χ4n) is 2.47. The molecular weight excluding hydrogens is 288 g/mol. The maximum atomic E-state index is 12.1. The number of aromatic amines is 1. The van der Waals surface area contributed by atoms with Crippen LogP contribution < -0.4 is 4.74 Å². The summed E-state index contributed by atoms with van der Waals surface area (Å²) in [6.45, 7) is 6.43. The molecule has 1 unspecified atom stereocenters. The monoisotopic (exact) mass is 308 g/mol. The van der Waals surface area contributed by atoms with Crippen LogP contribution in [0, 0.1) is 10.7 Å². The molecule has 0 bridgehead atoms. The average Bonchev–Trinajstić information content (AvgIpc) is 2.77. The van der Waals surface area contributed by atoms with E-state index in [9.17, 15) is 4.79 Å². The van der Waals surface area contributed by atoms with E-state index in [0.29, 0.717) is 11.4 Å². The summed E-state index contributed by atoms with van der Waals surface area (Å²) in [4.78, 5) is 15.3. The molecule has 0 amide bonds. The van der Waals surface area contributed by atoms with Gasteiger partial charge >= 0.3 is 5.97 Å². The van der Waals surface area contributed by atoms with E-state index in [1.807, 2.05) is 43.5 Å². The van der Waals surface area contributed by atoms with Gasteiger partial charge in [-0.05, 0) is 37.2 Å². The van der Waals surface area contributed by atoms with Crippen molar-refractivity contribution in [3.05, 3.63) is 23.0 Å². The van der Waals surface area contributed by atoms with E-state index in [0.717, 1.165) is 16.8 Å². The van der Waals surface area contributed by atoms with Gasteiger partial charge in [0, 0.05) is 0 Å². The first-order valence-corrected chi connectivity index (χ1v) is 7.35. The summed E-state index contributed by atoms with van der Waals surface area (Å²) in [6, 6.07) is 5.22. The normalized spacial score (nSPS) is 12.6. The van der Waals surface area contributed by atoms with E-state index >= 15 is 0 Å². The highest BCUT2D eigenvalue weighted by Crippen LogP contribution is 2.30. The number of H-pyrrole nitrogens is 1. The SMILES string of the molecule is CCOc1cccc2c1[nH]c(=S)n2C(C(=O)OC)C(C)C. The Bertz CT molecular complexity index is 702. The molecule has 1 aromatic heterocycles.